The van der Waals surface area contributed by atoms with Crippen LogP contribution >= 0.6 is 0 Å². The lowest BCUT2D eigenvalue weighted by atomic mass is 9.81. The summed E-state index contributed by atoms with van der Waals surface area (Å²) in [5, 5.41) is 10.3. The minimum Gasteiger partial charge on any atom is -0.478 e. The van der Waals surface area contributed by atoms with Crippen LogP contribution in [-0.4, -0.2) is 64.6 Å². The molecule has 0 unspecified atom stereocenters. The van der Waals surface area contributed by atoms with Crippen LogP contribution in [0.4, 0.5) is 27.6 Å². The lowest BCUT2D eigenvalue weighted by Gasteiger charge is -2.40. The standard InChI is InChI=1S/C35H44F5N3O5/c1-3-47-26-11-9-25(10-12-26)43(32(44)24-7-5-22(2)6-8-24)30-14-13-27(18-28(30)33(45)46)48-31-29(35(38,39)40)17-23(19-41-31)20-42-16-4-15-34(36,37)21-42/h13-14,17-19,22,24-26H,3-12,15-16,20-21H2,1-2H3,(H,45,46). The summed E-state index contributed by atoms with van der Waals surface area (Å²) in [6.07, 6.45) is 2.18. The summed E-state index contributed by atoms with van der Waals surface area (Å²) < 4.78 is 81.7. The summed E-state index contributed by atoms with van der Waals surface area (Å²) in [4.78, 5) is 33.6. The number of halogens is 5. The predicted molar refractivity (Wildman–Crippen MR) is 168 cm³/mol. The molecule has 3 fully saturated rings. The molecule has 1 saturated heterocycles. The van der Waals surface area contributed by atoms with Gasteiger partial charge in [0.05, 0.1) is 23.9 Å². The van der Waals surface area contributed by atoms with Crippen LogP contribution in [0.25, 0.3) is 0 Å². The summed E-state index contributed by atoms with van der Waals surface area (Å²) in [6, 6.07) is 4.46. The summed E-state index contributed by atoms with van der Waals surface area (Å²) in [6.45, 7) is 4.29. The number of benzene rings is 1. The molecule has 1 amide bonds. The van der Waals surface area contributed by atoms with E-state index in [0.717, 1.165) is 44.0 Å². The summed E-state index contributed by atoms with van der Waals surface area (Å²) in [7, 11) is 0. The quantitative estimate of drug-likeness (QED) is 0.252. The third kappa shape index (κ3) is 8.82. The number of ether oxygens (including phenoxy) is 2. The number of carbonyl (C=O) groups is 2. The number of carboxylic acid groups (broad SMARTS) is 1. The molecule has 0 radical (unpaired) electrons. The van der Waals surface area contributed by atoms with Crippen molar-refractivity contribution in [3.8, 4) is 11.6 Å². The third-order valence-corrected chi connectivity index (χ3v) is 9.78. The molecule has 0 spiro atoms. The Morgan fingerprint density at radius 1 is 1.06 bits per heavy atom. The summed E-state index contributed by atoms with van der Waals surface area (Å²) in [5.74, 6) is -5.14. The Hall–Kier alpha value is -3.32. The molecule has 1 aromatic carbocycles. The smallest absolute Gasteiger partial charge is 0.421 e. The van der Waals surface area contributed by atoms with Crippen molar-refractivity contribution in [2.75, 3.05) is 24.6 Å². The zero-order chi connectivity index (χ0) is 34.6. The van der Waals surface area contributed by atoms with E-state index in [4.69, 9.17) is 9.47 Å². The normalized spacial score (nSPS) is 25.0. The molecule has 1 aliphatic heterocycles. The van der Waals surface area contributed by atoms with Gasteiger partial charge in [-0.1, -0.05) is 6.92 Å². The van der Waals surface area contributed by atoms with Crippen LogP contribution < -0.4 is 9.64 Å². The van der Waals surface area contributed by atoms with Crippen molar-refractivity contribution in [1.29, 1.82) is 0 Å². The first kappa shape index (κ1) is 36.0. The second-order valence-electron chi connectivity index (χ2n) is 13.5. The molecule has 2 aromatic rings. The van der Waals surface area contributed by atoms with Gasteiger partial charge < -0.3 is 19.5 Å². The first-order chi connectivity index (χ1) is 22.7. The number of alkyl halides is 5. The average Bonchev–Trinajstić information content (AvgIpc) is 3.02. The van der Waals surface area contributed by atoms with Crippen LogP contribution in [0.3, 0.4) is 0 Å². The Balaban J connectivity index is 1.43. The molecule has 1 N–H and O–H groups in total. The van der Waals surface area contributed by atoms with Crippen molar-refractivity contribution in [2.24, 2.45) is 11.8 Å². The van der Waals surface area contributed by atoms with Crippen LogP contribution in [0.5, 0.6) is 11.6 Å². The molecule has 2 heterocycles. The van der Waals surface area contributed by atoms with Gasteiger partial charge in [-0.3, -0.25) is 9.69 Å². The number of hydrogen-bond acceptors (Lipinski definition) is 6. The van der Waals surface area contributed by atoms with Gasteiger partial charge >= 0.3 is 12.1 Å². The fourth-order valence-corrected chi connectivity index (χ4v) is 7.28. The third-order valence-electron chi connectivity index (χ3n) is 9.78. The zero-order valence-corrected chi connectivity index (χ0v) is 27.4. The number of amides is 1. The van der Waals surface area contributed by atoms with Gasteiger partial charge in [0.1, 0.15) is 11.3 Å². The first-order valence-electron chi connectivity index (χ1n) is 16.9. The number of carbonyl (C=O) groups excluding carboxylic acids is 1. The van der Waals surface area contributed by atoms with Gasteiger partial charge in [0.2, 0.25) is 11.8 Å². The van der Waals surface area contributed by atoms with Gasteiger partial charge in [-0.2, -0.15) is 13.2 Å². The highest BCUT2D eigenvalue weighted by atomic mass is 19.4. The van der Waals surface area contributed by atoms with Crippen LogP contribution in [0.15, 0.2) is 30.5 Å². The molecule has 2 aliphatic carbocycles. The SMILES string of the molecule is CCOC1CCC(N(C(=O)C2CCC(C)CC2)c2ccc(Oc3ncc(CN4CCCC(F)(F)C4)cc3C(F)(F)F)cc2C(=O)O)CC1. The number of carboxylic acids is 1. The highest BCUT2D eigenvalue weighted by Gasteiger charge is 2.39. The Morgan fingerprint density at radius 2 is 1.77 bits per heavy atom. The van der Waals surface area contributed by atoms with Crippen LogP contribution in [0, 0.1) is 11.8 Å². The van der Waals surface area contributed by atoms with E-state index in [1.54, 1.807) is 4.90 Å². The number of piperidine rings is 1. The molecule has 264 valence electrons. The molecular formula is C35H44F5N3O5. The molecule has 0 atom stereocenters. The Kier molecular flexibility index (Phi) is 11.3. The largest absolute Gasteiger partial charge is 0.478 e. The lowest BCUT2D eigenvalue weighted by Crippen LogP contribution is -2.47. The number of anilines is 1. The van der Waals surface area contributed by atoms with Gasteiger partial charge in [-0.25, -0.2) is 18.6 Å². The molecule has 0 bridgehead atoms. The van der Waals surface area contributed by atoms with Crippen molar-refractivity contribution in [3.63, 3.8) is 0 Å². The Bertz CT molecular complexity index is 1440. The molecule has 5 rings (SSSR count). The maximum Gasteiger partial charge on any atom is 0.421 e. The number of rotatable bonds is 10. The molecule has 3 aliphatic rings. The number of hydrogen-bond donors (Lipinski definition) is 1. The maximum absolute atomic E-state index is 14.2. The van der Waals surface area contributed by atoms with E-state index in [0.29, 0.717) is 44.8 Å². The lowest BCUT2D eigenvalue weighted by molar-refractivity contribution is -0.139. The fourth-order valence-electron chi connectivity index (χ4n) is 7.28. The second kappa shape index (κ2) is 15.1. The van der Waals surface area contributed by atoms with Crippen molar-refractivity contribution < 1.29 is 46.1 Å². The molecule has 2 saturated carbocycles. The molecule has 48 heavy (non-hydrogen) atoms. The summed E-state index contributed by atoms with van der Waals surface area (Å²) in [5.41, 5.74) is -1.21. The fraction of sp³-hybridized carbons (Fsp3) is 0.629. The highest BCUT2D eigenvalue weighted by molar-refractivity contribution is 6.03. The number of nitrogens with zero attached hydrogens (tertiary/aromatic N) is 3. The van der Waals surface area contributed by atoms with Crippen molar-refractivity contribution in [3.05, 3.63) is 47.2 Å². The van der Waals surface area contributed by atoms with Crippen LogP contribution in [0.1, 0.15) is 99.5 Å². The Morgan fingerprint density at radius 3 is 2.40 bits per heavy atom. The average molecular weight is 682 g/mol. The molecule has 8 nitrogen and oxygen atoms in total. The van der Waals surface area contributed by atoms with E-state index < -0.39 is 36.1 Å². The van der Waals surface area contributed by atoms with Gasteiger partial charge in [-0.15, -0.1) is 0 Å². The van der Waals surface area contributed by atoms with Crippen molar-refractivity contribution in [2.45, 2.75) is 109 Å². The number of aromatic carboxylic acids is 1. The monoisotopic (exact) mass is 681 g/mol. The van der Waals surface area contributed by atoms with E-state index in [2.05, 4.69) is 11.9 Å². The van der Waals surface area contributed by atoms with Gasteiger partial charge in [0.15, 0.2) is 0 Å². The van der Waals surface area contributed by atoms with Crippen LogP contribution in [-0.2, 0) is 22.3 Å². The zero-order valence-electron chi connectivity index (χ0n) is 27.4. The number of pyridine rings is 1. The molecule has 13 heteroatoms. The minimum absolute atomic E-state index is 0.0657. The maximum atomic E-state index is 14.2. The van der Waals surface area contributed by atoms with Gasteiger partial charge in [0.25, 0.3) is 5.92 Å². The highest BCUT2D eigenvalue weighted by Crippen LogP contribution is 2.41. The first-order valence-corrected chi connectivity index (χ1v) is 16.9. The van der Waals surface area contributed by atoms with E-state index in [-0.39, 0.29) is 65.9 Å². The summed E-state index contributed by atoms with van der Waals surface area (Å²) >= 11 is 0. The van der Waals surface area contributed by atoms with Gasteiger partial charge in [0, 0.05) is 37.7 Å². The Labute approximate surface area is 277 Å². The van der Waals surface area contributed by atoms with E-state index in [1.165, 1.54) is 17.0 Å². The number of aromatic nitrogens is 1. The van der Waals surface area contributed by atoms with E-state index in [9.17, 15) is 36.6 Å². The molecular weight excluding hydrogens is 637 g/mol. The second-order valence-corrected chi connectivity index (χ2v) is 13.5. The molecule has 1 aromatic heterocycles. The minimum atomic E-state index is -4.89. The predicted octanol–water partition coefficient (Wildman–Crippen LogP) is 8.33. The van der Waals surface area contributed by atoms with E-state index >= 15 is 0 Å². The number of likely N-dealkylation sites (tertiary alicyclic amines) is 1. The van der Waals surface area contributed by atoms with Gasteiger partial charge in [-0.05, 0) is 107 Å². The van der Waals surface area contributed by atoms with Crippen LogP contribution in [0.2, 0.25) is 0 Å². The van der Waals surface area contributed by atoms with E-state index in [1.807, 2.05) is 6.92 Å². The van der Waals surface area contributed by atoms with Crippen molar-refractivity contribution >= 4 is 17.6 Å². The van der Waals surface area contributed by atoms with Crippen molar-refractivity contribution in [1.82, 2.24) is 9.88 Å². The topological polar surface area (TPSA) is 92.2 Å².